The molecule has 0 aromatic rings. The number of hydrogen-bond donors (Lipinski definition) is 2. The highest BCUT2D eigenvalue weighted by atomic mass is 16.7. The third-order valence-electron chi connectivity index (χ3n) is 7.16. The van der Waals surface area contributed by atoms with E-state index in [1.807, 2.05) is 13.8 Å². The molecule has 6 heteroatoms. The molecule has 1 aliphatic heterocycles. The van der Waals surface area contributed by atoms with Gasteiger partial charge in [-0.2, -0.15) is 0 Å². The van der Waals surface area contributed by atoms with E-state index in [2.05, 4.69) is 5.32 Å². The molecule has 3 unspecified atom stereocenters. The van der Waals surface area contributed by atoms with Crippen LogP contribution in [0.4, 0.5) is 0 Å². The summed E-state index contributed by atoms with van der Waals surface area (Å²) >= 11 is 0. The van der Waals surface area contributed by atoms with E-state index in [-0.39, 0.29) is 18.3 Å². The second-order valence-electron chi connectivity index (χ2n) is 9.92. The smallest absolute Gasteiger partial charge is 0.323 e. The molecule has 2 aliphatic rings. The normalized spacial score (nSPS) is 22.9. The topological polar surface area (TPSA) is 77.0 Å². The van der Waals surface area contributed by atoms with E-state index in [4.69, 9.17) is 14.2 Å². The molecule has 188 valence electrons. The summed E-state index contributed by atoms with van der Waals surface area (Å²) in [4.78, 5) is 12.4. The first-order chi connectivity index (χ1) is 15.5. The predicted molar refractivity (Wildman–Crippen MR) is 127 cm³/mol. The number of hydrogen-bond acceptors (Lipinski definition) is 6. The zero-order valence-electron chi connectivity index (χ0n) is 20.7. The summed E-state index contributed by atoms with van der Waals surface area (Å²) < 4.78 is 16.7. The Labute approximate surface area is 196 Å². The standard InChI is InChI=1S/C26H49NO5/c1-3-30-25(28)23(27-19-18-26(2,29)22-14-8-7-9-15-22)16-10-5-4-6-12-20-31-24-17-11-13-21-32-24/h22-24,27,29H,3-21H2,1-2H3. The highest BCUT2D eigenvalue weighted by Crippen LogP contribution is 2.34. The van der Waals surface area contributed by atoms with Gasteiger partial charge in [0, 0.05) is 13.2 Å². The lowest BCUT2D eigenvalue weighted by atomic mass is 9.76. The Morgan fingerprint density at radius 1 is 1.06 bits per heavy atom. The Bertz CT molecular complexity index is 487. The summed E-state index contributed by atoms with van der Waals surface area (Å²) in [5.41, 5.74) is -0.655. The first kappa shape index (κ1) is 27.6. The molecule has 1 saturated heterocycles. The summed E-state index contributed by atoms with van der Waals surface area (Å²) in [6, 6.07) is -0.274. The minimum absolute atomic E-state index is 0.0130. The maximum Gasteiger partial charge on any atom is 0.323 e. The van der Waals surface area contributed by atoms with Crippen molar-refractivity contribution in [1.82, 2.24) is 5.32 Å². The van der Waals surface area contributed by atoms with E-state index in [0.717, 1.165) is 77.4 Å². The van der Waals surface area contributed by atoms with Gasteiger partial charge in [-0.3, -0.25) is 4.79 Å². The van der Waals surface area contributed by atoms with Gasteiger partial charge in [0.25, 0.3) is 0 Å². The average Bonchev–Trinajstić information content (AvgIpc) is 2.81. The van der Waals surface area contributed by atoms with E-state index in [1.165, 1.54) is 25.7 Å². The van der Waals surface area contributed by atoms with Crippen LogP contribution in [0.1, 0.15) is 110 Å². The van der Waals surface area contributed by atoms with Gasteiger partial charge in [0.2, 0.25) is 0 Å². The van der Waals surface area contributed by atoms with Crippen LogP contribution < -0.4 is 5.32 Å². The number of nitrogens with one attached hydrogen (secondary N) is 1. The first-order valence-electron chi connectivity index (χ1n) is 13.4. The fourth-order valence-corrected chi connectivity index (χ4v) is 5.01. The van der Waals surface area contributed by atoms with E-state index in [9.17, 15) is 9.90 Å². The van der Waals surface area contributed by atoms with Gasteiger partial charge >= 0.3 is 5.97 Å². The Balaban J connectivity index is 1.57. The highest BCUT2D eigenvalue weighted by Gasteiger charge is 2.32. The predicted octanol–water partition coefficient (Wildman–Crippen LogP) is 5.11. The van der Waals surface area contributed by atoms with Crippen LogP contribution in [0, 0.1) is 5.92 Å². The summed E-state index contributed by atoms with van der Waals surface area (Å²) in [5.74, 6) is 0.221. The third-order valence-corrected chi connectivity index (χ3v) is 7.16. The molecule has 6 nitrogen and oxygen atoms in total. The number of unbranched alkanes of at least 4 members (excludes halogenated alkanes) is 4. The second kappa shape index (κ2) is 16.0. The molecule has 1 saturated carbocycles. The molecule has 2 N–H and O–H groups in total. The van der Waals surface area contributed by atoms with E-state index < -0.39 is 5.60 Å². The molecule has 2 fully saturated rings. The fourth-order valence-electron chi connectivity index (χ4n) is 5.01. The lowest BCUT2D eigenvalue weighted by molar-refractivity contribution is -0.162. The highest BCUT2D eigenvalue weighted by molar-refractivity contribution is 5.75. The molecule has 1 heterocycles. The molecule has 1 aliphatic carbocycles. The van der Waals surface area contributed by atoms with Gasteiger partial charge in [-0.25, -0.2) is 0 Å². The van der Waals surface area contributed by atoms with Crippen molar-refractivity contribution in [3.8, 4) is 0 Å². The van der Waals surface area contributed by atoms with Crippen molar-refractivity contribution < 1.29 is 24.1 Å². The molecule has 0 aromatic carbocycles. The molecule has 0 radical (unpaired) electrons. The van der Waals surface area contributed by atoms with Crippen molar-refractivity contribution in [3.05, 3.63) is 0 Å². The summed E-state index contributed by atoms with van der Waals surface area (Å²) in [7, 11) is 0. The van der Waals surface area contributed by atoms with E-state index in [0.29, 0.717) is 25.5 Å². The Morgan fingerprint density at radius 2 is 1.78 bits per heavy atom. The van der Waals surface area contributed by atoms with Crippen LogP contribution in [-0.2, 0) is 19.0 Å². The van der Waals surface area contributed by atoms with E-state index >= 15 is 0 Å². The minimum atomic E-state index is -0.655. The number of aliphatic hydroxyl groups is 1. The van der Waals surface area contributed by atoms with Crippen molar-refractivity contribution in [3.63, 3.8) is 0 Å². The zero-order chi connectivity index (χ0) is 23.1. The van der Waals surface area contributed by atoms with Gasteiger partial charge in [-0.15, -0.1) is 0 Å². The molecule has 32 heavy (non-hydrogen) atoms. The lowest BCUT2D eigenvalue weighted by Crippen LogP contribution is -2.43. The molecule has 0 aromatic heterocycles. The van der Waals surface area contributed by atoms with Crippen molar-refractivity contribution in [1.29, 1.82) is 0 Å². The number of ether oxygens (including phenoxy) is 3. The average molecular weight is 456 g/mol. The quantitative estimate of drug-likeness (QED) is 0.249. The van der Waals surface area contributed by atoms with Gasteiger partial charge in [0.15, 0.2) is 6.29 Å². The van der Waals surface area contributed by atoms with Crippen LogP contribution in [0.2, 0.25) is 0 Å². The Morgan fingerprint density at radius 3 is 2.50 bits per heavy atom. The summed E-state index contributed by atoms with van der Waals surface area (Å²) in [6.07, 6.45) is 16.3. The molecule has 0 amide bonds. The summed E-state index contributed by atoms with van der Waals surface area (Å²) in [6.45, 7) is 6.48. The monoisotopic (exact) mass is 455 g/mol. The second-order valence-corrected chi connectivity index (χ2v) is 9.92. The summed E-state index contributed by atoms with van der Waals surface area (Å²) in [5, 5.41) is 14.3. The first-order valence-corrected chi connectivity index (χ1v) is 13.4. The van der Waals surface area contributed by atoms with Crippen LogP contribution in [0.3, 0.4) is 0 Å². The fraction of sp³-hybridized carbons (Fsp3) is 0.962. The van der Waals surface area contributed by atoms with Crippen molar-refractivity contribution in [2.45, 2.75) is 128 Å². The molecule has 3 atom stereocenters. The number of carbonyl (C=O) groups is 1. The van der Waals surface area contributed by atoms with Crippen molar-refractivity contribution >= 4 is 5.97 Å². The van der Waals surface area contributed by atoms with Gasteiger partial charge in [0.1, 0.15) is 6.04 Å². The van der Waals surface area contributed by atoms with Crippen LogP contribution in [-0.4, -0.2) is 55.4 Å². The van der Waals surface area contributed by atoms with Crippen LogP contribution >= 0.6 is 0 Å². The maximum atomic E-state index is 12.4. The minimum Gasteiger partial charge on any atom is -0.465 e. The van der Waals surface area contributed by atoms with Crippen molar-refractivity contribution in [2.75, 3.05) is 26.4 Å². The molecule has 0 spiro atoms. The number of carbonyl (C=O) groups excluding carboxylic acids is 1. The largest absolute Gasteiger partial charge is 0.465 e. The van der Waals surface area contributed by atoms with Gasteiger partial charge in [-0.1, -0.05) is 44.9 Å². The SMILES string of the molecule is CCOC(=O)C(CCCCCCCOC1CCCCO1)NCCC(C)(O)C1CCCCC1. The van der Waals surface area contributed by atoms with Crippen LogP contribution in [0.5, 0.6) is 0 Å². The van der Waals surface area contributed by atoms with Gasteiger partial charge < -0.3 is 24.6 Å². The molecular formula is C26H49NO5. The Kier molecular flexibility index (Phi) is 13.8. The molecule has 2 rings (SSSR count). The van der Waals surface area contributed by atoms with Gasteiger partial charge in [0.05, 0.1) is 12.2 Å². The lowest BCUT2D eigenvalue weighted by Gasteiger charge is -2.36. The molecular weight excluding hydrogens is 406 g/mol. The van der Waals surface area contributed by atoms with Gasteiger partial charge in [-0.05, 0) is 77.7 Å². The van der Waals surface area contributed by atoms with E-state index in [1.54, 1.807) is 0 Å². The maximum absolute atomic E-state index is 12.4. The van der Waals surface area contributed by atoms with Crippen molar-refractivity contribution in [2.24, 2.45) is 5.92 Å². The molecule has 0 bridgehead atoms. The van der Waals surface area contributed by atoms with Crippen LogP contribution in [0.25, 0.3) is 0 Å². The number of esters is 1. The third kappa shape index (κ3) is 11.0. The number of rotatable bonds is 16. The zero-order valence-corrected chi connectivity index (χ0v) is 20.7. The van der Waals surface area contributed by atoms with Crippen LogP contribution in [0.15, 0.2) is 0 Å². The Hall–Kier alpha value is -0.690.